The fraction of sp³-hybridized carbons (Fsp3) is 0.500. The number of ether oxygens (including phenoxy) is 1. The fourth-order valence-electron chi connectivity index (χ4n) is 4.86. The van der Waals surface area contributed by atoms with Crippen molar-refractivity contribution in [2.45, 2.75) is 51.0 Å². The summed E-state index contributed by atoms with van der Waals surface area (Å²) >= 11 is 6.71. The lowest BCUT2D eigenvalue weighted by Crippen LogP contribution is -2.46. The fourth-order valence-corrected chi connectivity index (χ4v) is 5.10. The Morgan fingerprint density at radius 1 is 1.26 bits per heavy atom. The average Bonchev–Trinajstić information content (AvgIpc) is 2.78. The van der Waals surface area contributed by atoms with Gasteiger partial charge in [-0.25, -0.2) is 0 Å². The van der Waals surface area contributed by atoms with Gasteiger partial charge in [-0.05, 0) is 68.2 Å². The first-order valence-corrected chi connectivity index (χ1v) is 11.6. The first-order chi connectivity index (χ1) is 15.0. The maximum absolute atomic E-state index is 12.2. The molecule has 1 saturated heterocycles. The van der Waals surface area contributed by atoms with E-state index in [9.17, 15) is 9.90 Å². The second-order valence-electron chi connectivity index (χ2n) is 8.75. The third-order valence-electron chi connectivity index (χ3n) is 6.48. The van der Waals surface area contributed by atoms with Crippen LogP contribution in [0.3, 0.4) is 0 Å². The molecule has 2 aromatic carbocycles. The summed E-state index contributed by atoms with van der Waals surface area (Å²) in [6.45, 7) is 4.08. The van der Waals surface area contributed by atoms with Gasteiger partial charge in [0, 0.05) is 37.7 Å². The minimum Gasteiger partial charge on any atom is -0.385 e. The number of hydrogen-bond donors (Lipinski definition) is 1. The summed E-state index contributed by atoms with van der Waals surface area (Å²) in [6.07, 6.45) is 5.72. The predicted molar refractivity (Wildman–Crippen MR) is 125 cm³/mol. The van der Waals surface area contributed by atoms with Crippen molar-refractivity contribution in [3.05, 3.63) is 69.7 Å². The number of likely N-dealkylation sites (tertiary alicyclic amines) is 1. The van der Waals surface area contributed by atoms with E-state index in [1.54, 1.807) is 12.0 Å². The smallest absolute Gasteiger partial charge is 0.209 e. The van der Waals surface area contributed by atoms with Gasteiger partial charge >= 0.3 is 0 Å². The standard InChI is InChI=1S/C26H34ClNO3/c1-20-8-5-9-21(16-20)17-23-24(11-6-12-25(23)27)26(30,13-3-4-15-31-2)22-10-7-14-28(18-22)19-29/h5-6,8-9,11-12,16,19,22,30H,3-4,7,10,13-15,17-18H2,1-2H3. The molecule has 168 valence electrons. The Morgan fingerprint density at radius 3 is 2.81 bits per heavy atom. The number of aliphatic hydroxyl groups is 1. The zero-order valence-corrected chi connectivity index (χ0v) is 19.4. The van der Waals surface area contributed by atoms with Crippen LogP contribution < -0.4 is 0 Å². The molecule has 1 fully saturated rings. The van der Waals surface area contributed by atoms with Gasteiger partial charge < -0.3 is 14.7 Å². The molecular weight excluding hydrogens is 410 g/mol. The van der Waals surface area contributed by atoms with Gasteiger partial charge in [0.2, 0.25) is 6.41 Å². The number of carbonyl (C=O) groups is 1. The molecule has 31 heavy (non-hydrogen) atoms. The highest BCUT2D eigenvalue weighted by Gasteiger charge is 2.41. The summed E-state index contributed by atoms with van der Waals surface area (Å²) in [5.41, 5.74) is 3.22. The van der Waals surface area contributed by atoms with Crippen molar-refractivity contribution < 1.29 is 14.6 Å². The van der Waals surface area contributed by atoms with Crippen LogP contribution in [0.25, 0.3) is 0 Å². The van der Waals surface area contributed by atoms with Gasteiger partial charge in [-0.1, -0.05) is 53.6 Å². The highest BCUT2D eigenvalue weighted by atomic mass is 35.5. The Morgan fingerprint density at radius 2 is 2.06 bits per heavy atom. The van der Waals surface area contributed by atoms with E-state index in [4.69, 9.17) is 16.3 Å². The van der Waals surface area contributed by atoms with E-state index in [1.165, 1.54) is 11.1 Å². The lowest BCUT2D eigenvalue weighted by atomic mass is 9.72. The Bertz CT molecular complexity index is 871. The van der Waals surface area contributed by atoms with E-state index in [0.717, 1.165) is 49.8 Å². The molecule has 0 saturated carbocycles. The van der Waals surface area contributed by atoms with Crippen molar-refractivity contribution >= 4 is 18.0 Å². The van der Waals surface area contributed by atoms with E-state index in [-0.39, 0.29) is 5.92 Å². The van der Waals surface area contributed by atoms with Crippen molar-refractivity contribution in [2.75, 3.05) is 26.8 Å². The number of hydrogen-bond acceptors (Lipinski definition) is 3. The van der Waals surface area contributed by atoms with E-state index in [1.807, 2.05) is 18.2 Å². The summed E-state index contributed by atoms with van der Waals surface area (Å²) in [5, 5.41) is 12.9. The minimum absolute atomic E-state index is 0.0243. The van der Waals surface area contributed by atoms with Crippen LogP contribution in [0.4, 0.5) is 0 Å². The number of halogens is 1. The second-order valence-corrected chi connectivity index (χ2v) is 9.15. The lowest BCUT2D eigenvalue weighted by molar-refractivity contribution is -0.123. The molecule has 0 radical (unpaired) electrons. The van der Waals surface area contributed by atoms with Crippen molar-refractivity contribution in [2.24, 2.45) is 5.92 Å². The molecule has 0 bridgehead atoms. The Hall–Kier alpha value is -1.88. The third kappa shape index (κ3) is 5.88. The van der Waals surface area contributed by atoms with Gasteiger partial charge in [-0.2, -0.15) is 0 Å². The van der Waals surface area contributed by atoms with Crippen LogP contribution in [-0.4, -0.2) is 43.2 Å². The van der Waals surface area contributed by atoms with Gasteiger partial charge in [0.25, 0.3) is 0 Å². The molecule has 4 nitrogen and oxygen atoms in total. The molecule has 2 unspecified atom stereocenters. The summed E-state index contributed by atoms with van der Waals surface area (Å²) in [4.78, 5) is 13.3. The summed E-state index contributed by atoms with van der Waals surface area (Å²) in [5.74, 6) is -0.0243. The number of methoxy groups -OCH3 is 1. The van der Waals surface area contributed by atoms with E-state index in [0.29, 0.717) is 31.0 Å². The quantitative estimate of drug-likeness (QED) is 0.410. The molecule has 1 N–H and O–H groups in total. The van der Waals surface area contributed by atoms with Crippen molar-refractivity contribution in [3.63, 3.8) is 0 Å². The molecule has 1 aliphatic heterocycles. The summed E-state index contributed by atoms with van der Waals surface area (Å²) < 4.78 is 5.22. The zero-order chi connectivity index (χ0) is 22.3. The molecule has 0 spiro atoms. The van der Waals surface area contributed by atoms with E-state index >= 15 is 0 Å². The maximum atomic E-state index is 12.2. The first kappa shape index (κ1) is 23.8. The number of aryl methyl sites for hydroxylation is 1. The van der Waals surface area contributed by atoms with Crippen LogP contribution in [0.15, 0.2) is 42.5 Å². The lowest BCUT2D eigenvalue weighted by Gasteiger charge is -2.43. The zero-order valence-electron chi connectivity index (χ0n) is 18.6. The van der Waals surface area contributed by atoms with Gasteiger partial charge in [0.1, 0.15) is 0 Å². The number of benzene rings is 2. The normalized spacial score (nSPS) is 18.6. The maximum Gasteiger partial charge on any atom is 0.209 e. The first-order valence-electron chi connectivity index (χ1n) is 11.2. The van der Waals surface area contributed by atoms with Crippen LogP contribution >= 0.6 is 11.6 Å². The highest BCUT2D eigenvalue weighted by Crippen LogP contribution is 2.43. The molecule has 2 aromatic rings. The molecule has 0 aliphatic carbocycles. The molecule has 2 atom stereocenters. The van der Waals surface area contributed by atoms with Crippen LogP contribution in [0.5, 0.6) is 0 Å². The number of unbranched alkanes of at least 4 members (excludes halogenated alkanes) is 1. The molecule has 3 rings (SSSR count). The number of piperidine rings is 1. The predicted octanol–water partition coefficient (Wildman–Crippen LogP) is 5.11. The Labute approximate surface area is 191 Å². The van der Waals surface area contributed by atoms with Crippen molar-refractivity contribution in [3.8, 4) is 0 Å². The van der Waals surface area contributed by atoms with Crippen LogP contribution in [0, 0.1) is 12.8 Å². The topological polar surface area (TPSA) is 49.8 Å². The highest BCUT2D eigenvalue weighted by molar-refractivity contribution is 6.31. The van der Waals surface area contributed by atoms with Gasteiger partial charge in [-0.3, -0.25) is 4.79 Å². The molecular formula is C26H34ClNO3. The van der Waals surface area contributed by atoms with Gasteiger partial charge in [0.05, 0.1) is 5.60 Å². The second kappa shape index (κ2) is 11.1. The average molecular weight is 444 g/mol. The Kier molecular flexibility index (Phi) is 8.53. The SMILES string of the molecule is COCCCCC(O)(c1cccc(Cl)c1Cc1cccc(C)c1)C1CCCN(C=O)C1. The van der Waals surface area contributed by atoms with Crippen molar-refractivity contribution in [1.29, 1.82) is 0 Å². The molecule has 1 aliphatic rings. The molecule has 5 heteroatoms. The van der Waals surface area contributed by atoms with Crippen LogP contribution in [0.1, 0.15) is 54.4 Å². The van der Waals surface area contributed by atoms with Gasteiger partial charge in [-0.15, -0.1) is 0 Å². The molecule has 0 aromatic heterocycles. The summed E-state index contributed by atoms with van der Waals surface area (Å²) in [7, 11) is 1.70. The van der Waals surface area contributed by atoms with Gasteiger partial charge in [0.15, 0.2) is 0 Å². The molecule has 1 amide bonds. The van der Waals surface area contributed by atoms with Crippen molar-refractivity contribution in [1.82, 2.24) is 4.90 Å². The summed E-state index contributed by atoms with van der Waals surface area (Å²) in [6, 6.07) is 14.3. The molecule has 1 heterocycles. The van der Waals surface area contributed by atoms with E-state index in [2.05, 4.69) is 31.2 Å². The van der Waals surface area contributed by atoms with Crippen LogP contribution in [0.2, 0.25) is 5.02 Å². The van der Waals surface area contributed by atoms with Crippen LogP contribution in [-0.2, 0) is 21.6 Å². The number of rotatable bonds is 10. The third-order valence-corrected chi connectivity index (χ3v) is 6.84. The monoisotopic (exact) mass is 443 g/mol. The van der Waals surface area contributed by atoms with E-state index < -0.39 is 5.60 Å². The largest absolute Gasteiger partial charge is 0.385 e. The number of nitrogens with zero attached hydrogens (tertiary/aromatic N) is 1. The minimum atomic E-state index is -1.04. The number of carbonyl (C=O) groups excluding carboxylic acids is 1. The Balaban J connectivity index is 1.99. The number of amides is 1.